The Morgan fingerprint density at radius 2 is 1.91 bits per heavy atom. The maximum absolute atomic E-state index is 13.9. The van der Waals surface area contributed by atoms with Crippen LogP contribution in [0.1, 0.15) is 32.7 Å². The minimum atomic E-state index is -0.773. The molecule has 0 aliphatic rings. The summed E-state index contributed by atoms with van der Waals surface area (Å²) in [7, 11) is 1.43. The van der Waals surface area contributed by atoms with E-state index >= 15 is 0 Å². The van der Waals surface area contributed by atoms with E-state index in [0.717, 1.165) is 4.57 Å². The molecule has 0 fully saturated rings. The van der Waals surface area contributed by atoms with Crippen molar-refractivity contribution in [1.82, 2.24) is 9.88 Å². The molecule has 0 spiro atoms. The second-order valence-electron chi connectivity index (χ2n) is 7.74. The van der Waals surface area contributed by atoms with Gasteiger partial charge in [0.1, 0.15) is 18.2 Å². The Balaban J connectivity index is 1.65. The van der Waals surface area contributed by atoms with Crippen LogP contribution < -0.4 is 15.6 Å². The van der Waals surface area contributed by atoms with Crippen molar-refractivity contribution >= 4 is 11.7 Å². The third-order valence-corrected chi connectivity index (χ3v) is 5.16. The lowest BCUT2D eigenvalue weighted by Crippen LogP contribution is -2.29. The van der Waals surface area contributed by atoms with E-state index < -0.39 is 35.4 Å². The molecule has 0 atom stereocenters. The summed E-state index contributed by atoms with van der Waals surface area (Å²) >= 11 is 0. The van der Waals surface area contributed by atoms with E-state index in [9.17, 15) is 23.9 Å². The summed E-state index contributed by atoms with van der Waals surface area (Å²) in [5.41, 5.74) is 0.686. The molecule has 34 heavy (non-hydrogen) atoms. The Morgan fingerprint density at radius 1 is 1.15 bits per heavy atom. The lowest BCUT2D eigenvalue weighted by atomic mass is 10.0. The Hall–Kier alpha value is -3.98. The molecule has 0 radical (unpaired) electrons. The Bertz CT molecular complexity index is 1260. The van der Waals surface area contributed by atoms with Crippen molar-refractivity contribution in [2.75, 3.05) is 19.8 Å². The molecule has 0 saturated carbocycles. The van der Waals surface area contributed by atoms with Crippen LogP contribution in [-0.2, 0) is 7.05 Å². The topological polar surface area (TPSA) is 118 Å². The van der Waals surface area contributed by atoms with E-state index in [-0.39, 0.29) is 24.4 Å². The zero-order valence-electron chi connectivity index (χ0n) is 18.8. The lowest BCUT2D eigenvalue weighted by molar-refractivity contribution is 0.0902. The van der Waals surface area contributed by atoms with E-state index in [1.807, 2.05) is 0 Å². The summed E-state index contributed by atoms with van der Waals surface area (Å²) in [5, 5.41) is 21.8. The van der Waals surface area contributed by atoms with Crippen molar-refractivity contribution in [3.63, 3.8) is 0 Å². The number of carbonyl (C=O) groups is 2. The number of aromatic hydroxyl groups is 1. The number of aryl methyl sites for hydroxylation is 1. The third-order valence-electron chi connectivity index (χ3n) is 5.16. The van der Waals surface area contributed by atoms with Crippen LogP contribution in [0.2, 0.25) is 0 Å². The van der Waals surface area contributed by atoms with Gasteiger partial charge in [0.15, 0.2) is 11.5 Å². The van der Waals surface area contributed by atoms with Crippen LogP contribution in [0, 0.1) is 12.7 Å². The number of carbonyl (C=O) groups excluding carboxylic acids is 2. The normalized spacial score (nSPS) is 10.7. The number of halogens is 1. The number of rotatable bonds is 9. The number of ketones is 1. The van der Waals surface area contributed by atoms with Gasteiger partial charge in [0.2, 0.25) is 0 Å². The smallest absolute Gasteiger partial charge is 0.293 e. The van der Waals surface area contributed by atoms with Gasteiger partial charge >= 0.3 is 0 Å². The number of hydrogen-bond donors (Lipinski definition) is 3. The fourth-order valence-electron chi connectivity index (χ4n) is 3.43. The molecular formula is C25H25FN2O6. The largest absolute Gasteiger partial charge is 0.502 e. The number of nitrogens with one attached hydrogen (secondary N) is 1. The van der Waals surface area contributed by atoms with Crippen LogP contribution in [0.15, 0.2) is 53.3 Å². The van der Waals surface area contributed by atoms with Gasteiger partial charge in [-0.1, -0.05) is 12.1 Å². The number of nitrogens with zero attached hydrogens (tertiary/aromatic N) is 1. The average molecular weight is 468 g/mol. The molecule has 1 aromatic heterocycles. The van der Waals surface area contributed by atoms with Crippen LogP contribution >= 0.6 is 0 Å². The number of aromatic nitrogens is 1. The molecule has 0 unspecified atom stereocenters. The first-order chi connectivity index (χ1) is 16.2. The Labute approximate surface area is 195 Å². The summed E-state index contributed by atoms with van der Waals surface area (Å²) in [6, 6.07) is 12.0. The van der Waals surface area contributed by atoms with Crippen molar-refractivity contribution in [3.05, 3.63) is 81.4 Å². The molecule has 3 rings (SSSR count). The van der Waals surface area contributed by atoms with Gasteiger partial charge in [0.25, 0.3) is 11.5 Å². The van der Waals surface area contributed by atoms with Crippen LogP contribution in [-0.4, -0.2) is 46.2 Å². The zero-order valence-corrected chi connectivity index (χ0v) is 18.8. The number of pyridine rings is 1. The van der Waals surface area contributed by atoms with Gasteiger partial charge in [0.05, 0.1) is 17.9 Å². The summed E-state index contributed by atoms with van der Waals surface area (Å²) in [6.07, 6.45) is 0.408. The molecular weight excluding hydrogens is 443 g/mol. The Morgan fingerprint density at radius 3 is 2.62 bits per heavy atom. The molecule has 9 heteroatoms. The minimum absolute atomic E-state index is 0.192. The highest BCUT2D eigenvalue weighted by Gasteiger charge is 2.19. The average Bonchev–Trinajstić information content (AvgIpc) is 2.81. The van der Waals surface area contributed by atoms with E-state index in [0.29, 0.717) is 28.9 Å². The first-order valence-electron chi connectivity index (χ1n) is 10.6. The molecule has 8 nitrogen and oxygen atoms in total. The second kappa shape index (κ2) is 10.8. The van der Waals surface area contributed by atoms with Gasteiger partial charge in [-0.05, 0) is 55.3 Å². The zero-order chi connectivity index (χ0) is 24.8. The summed E-state index contributed by atoms with van der Waals surface area (Å²) in [6.45, 7) is 1.54. The number of aliphatic hydroxyl groups excluding tert-OH is 1. The summed E-state index contributed by atoms with van der Waals surface area (Å²) in [4.78, 5) is 36.7. The van der Waals surface area contributed by atoms with Gasteiger partial charge in [-0.3, -0.25) is 14.4 Å². The van der Waals surface area contributed by atoms with Gasteiger partial charge in [-0.2, -0.15) is 0 Å². The quantitative estimate of drug-likeness (QED) is 0.328. The predicted octanol–water partition coefficient (Wildman–Crippen LogP) is 2.58. The van der Waals surface area contributed by atoms with Gasteiger partial charge < -0.3 is 24.8 Å². The standard InChI is InChI=1S/C25H25FN2O6/c1-15-9-17(11-18(26)10-15)21-13-20(23(31)25(33)28(21)2)24(32)27-7-4-8-34-19-6-3-5-16(12-19)22(30)14-29/h3,5-6,9-13,29,31H,4,7-8,14H2,1-2H3,(H,27,32). The van der Waals surface area contributed by atoms with E-state index in [1.165, 1.54) is 31.3 Å². The van der Waals surface area contributed by atoms with Crippen molar-refractivity contribution in [3.8, 4) is 22.8 Å². The number of ether oxygens (including phenoxy) is 1. The lowest BCUT2D eigenvalue weighted by Gasteiger charge is -2.14. The third kappa shape index (κ3) is 5.68. The molecule has 0 bridgehead atoms. The number of benzene rings is 2. The maximum Gasteiger partial charge on any atom is 0.293 e. The van der Waals surface area contributed by atoms with Crippen LogP contribution in [0.4, 0.5) is 4.39 Å². The van der Waals surface area contributed by atoms with Crippen molar-refractivity contribution in [2.24, 2.45) is 7.05 Å². The first kappa shape index (κ1) is 24.7. The number of amides is 1. The van der Waals surface area contributed by atoms with E-state index in [2.05, 4.69) is 5.32 Å². The highest BCUT2D eigenvalue weighted by atomic mass is 19.1. The molecule has 0 aliphatic carbocycles. The molecule has 3 N–H and O–H groups in total. The van der Waals surface area contributed by atoms with Gasteiger partial charge in [-0.15, -0.1) is 0 Å². The Kier molecular flexibility index (Phi) is 7.80. The molecule has 0 saturated heterocycles. The summed E-state index contributed by atoms with van der Waals surface area (Å²) < 4.78 is 20.6. The maximum atomic E-state index is 13.9. The monoisotopic (exact) mass is 468 g/mol. The predicted molar refractivity (Wildman–Crippen MR) is 124 cm³/mol. The van der Waals surface area contributed by atoms with Crippen molar-refractivity contribution in [2.45, 2.75) is 13.3 Å². The highest BCUT2D eigenvalue weighted by Crippen LogP contribution is 2.24. The molecule has 178 valence electrons. The molecule has 3 aromatic rings. The summed E-state index contributed by atoms with van der Waals surface area (Å²) in [5.74, 6) is -1.80. The van der Waals surface area contributed by atoms with E-state index in [1.54, 1.807) is 31.2 Å². The number of aliphatic hydroxyl groups is 1. The molecule has 1 amide bonds. The number of Topliss-reactive ketones (excluding diaryl/α,β-unsaturated/α-hetero) is 1. The van der Waals surface area contributed by atoms with Crippen molar-refractivity contribution in [1.29, 1.82) is 0 Å². The minimum Gasteiger partial charge on any atom is -0.502 e. The SMILES string of the molecule is Cc1cc(F)cc(-c2cc(C(=O)NCCCOc3cccc(C(=O)CO)c3)c(O)c(=O)n2C)c1. The van der Waals surface area contributed by atoms with E-state index in [4.69, 9.17) is 9.84 Å². The van der Waals surface area contributed by atoms with Crippen LogP contribution in [0.3, 0.4) is 0 Å². The number of hydrogen-bond acceptors (Lipinski definition) is 6. The second-order valence-corrected chi connectivity index (χ2v) is 7.74. The van der Waals surface area contributed by atoms with Crippen LogP contribution in [0.25, 0.3) is 11.3 Å². The fourth-order valence-corrected chi connectivity index (χ4v) is 3.43. The fraction of sp³-hybridized carbons (Fsp3) is 0.240. The highest BCUT2D eigenvalue weighted by molar-refractivity contribution is 5.98. The van der Waals surface area contributed by atoms with Gasteiger partial charge in [0, 0.05) is 24.7 Å². The van der Waals surface area contributed by atoms with Crippen LogP contribution in [0.5, 0.6) is 11.5 Å². The molecule has 1 heterocycles. The van der Waals surface area contributed by atoms with Crippen molar-refractivity contribution < 1.29 is 28.9 Å². The van der Waals surface area contributed by atoms with Gasteiger partial charge in [-0.25, -0.2) is 4.39 Å². The first-order valence-corrected chi connectivity index (χ1v) is 10.6. The molecule has 0 aliphatic heterocycles. The molecule has 2 aromatic carbocycles.